The third-order valence-corrected chi connectivity index (χ3v) is 5.36. The maximum atomic E-state index is 12.4. The first-order valence-electron chi connectivity index (χ1n) is 6.65. The Morgan fingerprint density at radius 3 is 2.45 bits per heavy atom. The van der Waals surface area contributed by atoms with Gasteiger partial charge < -0.3 is 4.74 Å². The largest absolute Gasteiger partial charge is 0.379 e. The molecule has 0 aromatic carbocycles. The fourth-order valence-electron chi connectivity index (χ4n) is 2.15. The van der Waals surface area contributed by atoms with E-state index in [4.69, 9.17) is 4.74 Å². The van der Waals surface area contributed by atoms with Crippen LogP contribution in [0.25, 0.3) is 0 Å². The molecule has 0 saturated heterocycles. The molecule has 22 heavy (non-hydrogen) atoms. The van der Waals surface area contributed by atoms with Crippen molar-refractivity contribution in [3.8, 4) is 6.07 Å². The molecule has 0 bridgehead atoms. The van der Waals surface area contributed by atoms with E-state index in [2.05, 4.69) is 28.4 Å². The van der Waals surface area contributed by atoms with Crippen molar-refractivity contribution in [2.75, 3.05) is 23.3 Å². The minimum atomic E-state index is -3.70. The Hall–Kier alpha value is -1.30. The Morgan fingerprint density at radius 1 is 1.41 bits per heavy atom. The second-order valence-electron chi connectivity index (χ2n) is 5.79. The fourth-order valence-corrected chi connectivity index (χ4v) is 4.16. The number of rotatable bonds is 8. The second-order valence-corrected chi connectivity index (χ2v) is 7.83. The summed E-state index contributed by atoms with van der Waals surface area (Å²) in [5.74, 6) is -0.233. The van der Waals surface area contributed by atoms with Gasteiger partial charge in [0.15, 0.2) is 0 Å². The molecule has 1 atom stereocenters. The summed E-state index contributed by atoms with van der Waals surface area (Å²) in [7, 11) is -2.17. The number of pyridine rings is 1. The van der Waals surface area contributed by atoms with E-state index in [1.807, 2.05) is 13.8 Å². The average Bonchev–Trinajstić information content (AvgIpc) is 2.46. The first-order chi connectivity index (χ1) is 10.2. The van der Waals surface area contributed by atoms with Crippen molar-refractivity contribution in [1.29, 1.82) is 5.26 Å². The molecule has 0 aliphatic carbocycles. The fraction of sp³-hybridized carbons (Fsp3) is 0.571. The Labute approximate surface area is 137 Å². The van der Waals surface area contributed by atoms with E-state index in [0.717, 1.165) is 0 Å². The van der Waals surface area contributed by atoms with Crippen molar-refractivity contribution >= 4 is 28.3 Å². The zero-order valence-electron chi connectivity index (χ0n) is 12.9. The van der Waals surface area contributed by atoms with Gasteiger partial charge in [-0.05, 0) is 32.4 Å². The summed E-state index contributed by atoms with van der Waals surface area (Å²) in [5.41, 5.74) is -1.35. The van der Waals surface area contributed by atoms with Crippen LogP contribution in [0.1, 0.15) is 20.3 Å². The minimum absolute atomic E-state index is 0.119. The van der Waals surface area contributed by atoms with Gasteiger partial charge in [-0.1, -0.05) is 0 Å². The summed E-state index contributed by atoms with van der Waals surface area (Å²) < 4.78 is 32.5. The van der Waals surface area contributed by atoms with E-state index >= 15 is 0 Å². The van der Waals surface area contributed by atoms with Crippen LogP contribution in [0.15, 0.2) is 24.5 Å². The molecule has 8 heteroatoms. The number of sulfonamides is 1. The van der Waals surface area contributed by atoms with E-state index in [9.17, 15) is 13.7 Å². The summed E-state index contributed by atoms with van der Waals surface area (Å²) >= 11 is 4.19. The molecule has 122 valence electrons. The molecule has 0 fully saturated rings. The van der Waals surface area contributed by atoms with Gasteiger partial charge in [-0.2, -0.15) is 17.9 Å². The number of nitrogens with zero attached hydrogens (tertiary/aromatic N) is 2. The summed E-state index contributed by atoms with van der Waals surface area (Å²) in [4.78, 5) is 3.83. The van der Waals surface area contributed by atoms with Crippen LogP contribution in [0.4, 0.5) is 5.69 Å². The van der Waals surface area contributed by atoms with E-state index < -0.39 is 21.0 Å². The average molecular weight is 343 g/mol. The predicted octanol–water partition coefficient (Wildman–Crippen LogP) is 2.08. The summed E-state index contributed by atoms with van der Waals surface area (Å²) in [6.45, 7) is 3.62. The molecule has 6 nitrogen and oxygen atoms in total. The van der Waals surface area contributed by atoms with E-state index in [0.29, 0.717) is 5.69 Å². The highest BCUT2D eigenvalue weighted by molar-refractivity contribution is 7.92. The quantitative estimate of drug-likeness (QED) is 0.705. The Kier molecular flexibility index (Phi) is 6.23. The SMILES string of the molecule is COC(C)(C)CC(C#N)(CS)CS(=O)(=O)Nc1ccncc1. The molecule has 1 aromatic heterocycles. The number of hydrogen-bond donors (Lipinski definition) is 2. The molecular formula is C14H21N3O3S2. The lowest BCUT2D eigenvalue weighted by Crippen LogP contribution is -2.40. The van der Waals surface area contributed by atoms with E-state index in [1.165, 1.54) is 19.5 Å². The molecule has 1 aromatic rings. The summed E-state index contributed by atoms with van der Waals surface area (Å²) in [6, 6.07) is 5.20. The van der Waals surface area contributed by atoms with Crippen molar-refractivity contribution in [3.63, 3.8) is 0 Å². The number of nitrogens with one attached hydrogen (secondary N) is 1. The molecule has 1 rings (SSSR count). The standard InChI is InChI=1S/C14H21N3O3S2/c1-13(2,20-3)8-14(9-15,10-21)11-22(18,19)17-12-4-6-16-7-5-12/h4-7,21H,8,10-11H2,1-3H3,(H,16,17). The zero-order valence-corrected chi connectivity index (χ0v) is 14.6. The summed E-state index contributed by atoms with van der Waals surface area (Å²) in [6.07, 6.45) is 3.23. The predicted molar refractivity (Wildman–Crippen MR) is 89.3 cm³/mol. The lowest BCUT2D eigenvalue weighted by Gasteiger charge is -2.33. The molecule has 0 amide bonds. The van der Waals surface area contributed by atoms with Crippen LogP contribution in [-0.2, 0) is 14.8 Å². The highest BCUT2D eigenvalue weighted by Gasteiger charge is 2.40. The summed E-state index contributed by atoms with van der Waals surface area (Å²) in [5, 5.41) is 9.51. The Bertz CT molecular complexity index is 626. The van der Waals surface area contributed by atoms with E-state index in [1.54, 1.807) is 12.1 Å². The third-order valence-electron chi connectivity index (χ3n) is 3.28. The maximum Gasteiger partial charge on any atom is 0.234 e. The van der Waals surface area contributed by atoms with Crippen LogP contribution < -0.4 is 4.72 Å². The topological polar surface area (TPSA) is 92.1 Å². The molecule has 0 spiro atoms. The van der Waals surface area contributed by atoms with Crippen LogP contribution in [0.5, 0.6) is 0 Å². The molecule has 1 heterocycles. The number of thiol groups is 1. The molecule has 1 unspecified atom stereocenters. The maximum absolute atomic E-state index is 12.4. The third kappa shape index (κ3) is 5.48. The number of nitriles is 1. The van der Waals surface area contributed by atoms with Gasteiger partial charge in [-0.3, -0.25) is 9.71 Å². The van der Waals surface area contributed by atoms with E-state index in [-0.39, 0.29) is 17.9 Å². The first-order valence-corrected chi connectivity index (χ1v) is 8.94. The van der Waals surface area contributed by atoms with Gasteiger partial charge >= 0.3 is 0 Å². The van der Waals surface area contributed by atoms with Crippen molar-refractivity contribution in [2.24, 2.45) is 5.41 Å². The van der Waals surface area contributed by atoms with Gasteiger partial charge in [0.05, 0.1) is 28.5 Å². The van der Waals surface area contributed by atoms with Gasteiger partial charge in [0, 0.05) is 25.3 Å². The molecule has 1 N–H and O–H groups in total. The van der Waals surface area contributed by atoms with Crippen LogP contribution in [0.2, 0.25) is 0 Å². The first kappa shape index (κ1) is 18.7. The molecule has 0 aliphatic rings. The normalized spacial score (nSPS) is 14.9. The highest BCUT2D eigenvalue weighted by atomic mass is 32.2. The smallest absolute Gasteiger partial charge is 0.234 e. The molecule has 0 aliphatic heterocycles. The van der Waals surface area contributed by atoms with Crippen LogP contribution >= 0.6 is 12.6 Å². The number of anilines is 1. The highest BCUT2D eigenvalue weighted by Crippen LogP contribution is 2.33. The number of aromatic nitrogens is 1. The van der Waals surface area contributed by atoms with Gasteiger partial charge in [0.2, 0.25) is 10.0 Å². The van der Waals surface area contributed by atoms with Gasteiger partial charge in [0.25, 0.3) is 0 Å². The van der Waals surface area contributed by atoms with Crippen molar-refractivity contribution in [2.45, 2.75) is 25.9 Å². The lowest BCUT2D eigenvalue weighted by atomic mass is 9.82. The molecular weight excluding hydrogens is 322 g/mol. The lowest BCUT2D eigenvalue weighted by molar-refractivity contribution is -0.00214. The van der Waals surface area contributed by atoms with Crippen molar-refractivity contribution < 1.29 is 13.2 Å². The molecule has 0 radical (unpaired) electrons. The molecule has 0 saturated carbocycles. The van der Waals surface area contributed by atoms with Gasteiger partial charge in [-0.15, -0.1) is 0 Å². The van der Waals surface area contributed by atoms with Crippen molar-refractivity contribution in [1.82, 2.24) is 4.98 Å². The van der Waals surface area contributed by atoms with Crippen molar-refractivity contribution in [3.05, 3.63) is 24.5 Å². The minimum Gasteiger partial charge on any atom is -0.379 e. The Balaban J connectivity index is 2.97. The van der Waals surface area contributed by atoms with Crippen LogP contribution in [0, 0.1) is 16.7 Å². The van der Waals surface area contributed by atoms with Crippen LogP contribution in [0.3, 0.4) is 0 Å². The zero-order chi connectivity index (χ0) is 16.9. The van der Waals surface area contributed by atoms with Gasteiger partial charge in [-0.25, -0.2) is 8.42 Å². The number of ether oxygens (including phenoxy) is 1. The second kappa shape index (κ2) is 7.31. The van der Waals surface area contributed by atoms with Gasteiger partial charge in [0.1, 0.15) is 0 Å². The number of methoxy groups -OCH3 is 1. The monoisotopic (exact) mass is 343 g/mol. The van der Waals surface area contributed by atoms with Crippen LogP contribution in [-0.4, -0.2) is 37.6 Å². The number of hydrogen-bond acceptors (Lipinski definition) is 6. The Morgan fingerprint density at radius 2 is 2.00 bits per heavy atom.